The second kappa shape index (κ2) is 9.52. The van der Waals surface area contributed by atoms with Crippen LogP contribution in [0.2, 0.25) is 0 Å². The molecule has 0 spiro atoms. The molecule has 1 saturated carbocycles. The monoisotopic (exact) mass is 446 g/mol. The fraction of sp³-hybridized carbons (Fsp3) is 0.619. The maximum absolute atomic E-state index is 14.1. The van der Waals surface area contributed by atoms with E-state index in [9.17, 15) is 22.4 Å². The number of likely N-dealkylation sites (tertiary alicyclic amines) is 2. The van der Waals surface area contributed by atoms with Gasteiger partial charge in [-0.15, -0.1) is 0 Å². The number of halogens is 4. The minimum absolute atomic E-state index is 0.134. The van der Waals surface area contributed by atoms with Crippen LogP contribution in [0.25, 0.3) is 0 Å². The summed E-state index contributed by atoms with van der Waals surface area (Å²) in [6.45, 7) is 3.65. The van der Waals surface area contributed by atoms with Crippen molar-refractivity contribution in [1.29, 1.82) is 0 Å². The predicted molar refractivity (Wildman–Crippen MR) is 103 cm³/mol. The molecule has 0 unspecified atom stereocenters. The number of methoxy groups -OCH3 is 1. The second-order valence-electron chi connectivity index (χ2n) is 8.24. The molecule has 1 N–H and O–H groups in total. The molecule has 3 fully saturated rings. The molecule has 3 atom stereocenters. The van der Waals surface area contributed by atoms with Gasteiger partial charge in [0.2, 0.25) is 0 Å². The number of fused-ring (bicyclic) bond motifs is 1. The lowest BCUT2D eigenvalue weighted by molar-refractivity contribution is -0.192. The lowest BCUT2D eigenvalue weighted by atomic mass is 9.88. The number of carbonyl (C=O) groups is 2. The molecule has 6 nitrogen and oxygen atoms in total. The fourth-order valence-electron chi connectivity index (χ4n) is 4.38. The number of alkyl halides is 3. The summed E-state index contributed by atoms with van der Waals surface area (Å²) in [7, 11) is 1.76. The molecule has 172 valence electrons. The number of benzene rings is 1. The van der Waals surface area contributed by atoms with Gasteiger partial charge >= 0.3 is 12.1 Å². The van der Waals surface area contributed by atoms with Gasteiger partial charge in [-0.25, -0.2) is 9.18 Å². The van der Waals surface area contributed by atoms with E-state index >= 15 is 0 Å². The van der Waals surface area contributed by atoms with E-state index in [1.807, 2.05) is 4.90 Å². The van der Waals surface area contributed by atoms with Gasteiger partial charge in [0.15, 0.2) is 0 Å². The van der Waals surface area contributed by atoms with Crippen LogP contribution in [0, 0.1) is 17.7 Å². The standard InChI is InChI=1S/C19H25FN2O2.C2HF3O2/c1-24-18-8-9-22(19(23)14-4-2-3-5-16(14)20)17-12-21(11-15(17)18)10-13-6-7-13;3-2(4,5)1(6)7/h2-5,13,15,17-18H,6-12H2,1H3;(H,6,7)/t15-,17+,18+;/m0./s1. The molecule has 1 aliphatic carbocycles. The van der Waals surface area contributed by atoms with Crippen LogP contribution in [0.1, 0.15) is 29.6 Å². The largest absolute Gasteiger partial charge is 0.490 e. The van der Waals surface area contributed by atoms with Crippen molar-refractivity contribution in [3.05, 3.63) is 35.6 Å². The predicted octanol–water partition coefficient (Wildman–Crippen LogP) is 3.03. The number of hydrogen-bond donors (Lipinski definition) is 1. The van der Waals surface area contributed by atoms with E-state index < -0.39 is 18.0 Å². The van der Waals surface area contributed by atoms with Crippen LogP contribution >= 0.6 is 0 Å². The van der Waals surface area contributed by atoms with Gasteiger partial charge in [0.05, 0.1) is 17.7 Å². The van der Waals surface area contributed by atoms with Crippen molar-refractivity contribution >= 4 is 11.9 Å². The third-order valence-electron chi connectivity index (χ3n) is 6.06. The maximum Gasteiger partial charge on any atom is 0.490 e. The zero-order valence-corrected chi connectivity index (χ0v) is 17.1. The van der Waals surface area contributed by atoms with Crippen LogP contribution in [-0.4, -0.2) is 78.4 Å². The Labute approximate surface area is 177 Å². The highest BCUT2D eigenvalue weighted by Crippen LogP contribution is 2.37. The smallest absolute Gasteiger partial charge is 0.475 e. The number of piperidine rings is 1. The lowest BCUT2D eigenvalue weighted by Gasteiger charge is -2.41. The molecule has 2 heterocycles. The van der Waals surface area contributed by atoms with E-state index in [4.69, 9.17) is 14.6 Å². The topological polar surface area (TPSA) is 70.1 Å². The first-order valence-corrected chi connectivity index (χ1v) is 10.2. The molecule has 0 aromatic heterocycles. The summed E-state index contributed by atoms with van der Waals surface area (Å²) in [6.07, 6.45) is -1.40. The Balaban J connectivity index is 0.000000339. The lowest BCUT2D eigenvalue weighted by Crippen LogP contribution is -2.53. The molecule has 2 aliphatic heterocycles. The van der Waals surface area contributed by atoms with Crippen molar-refractivity contribution in [3.8, 4) is 0 Å². The van der Waals surface area contributed by atoms with E-state index in [2.05, 4.69) is 4.90 Å². The number of carbonyl (C=O) groups excluding carboxylic acids is 1. The van der Waals surface area contributed by atoms with Crippen molar-refractivity contribution in [1.82, 2.24) is 9.80 Å². The van der Waals surface area contributed by atoms with Gasteiger partial charge in [0.25, 0.3) is 5.91 Å². The summed E-state index contributed by atoms with van der Waals surface area (Å²) < 4.78 is 51.5. The highest BCUT2D eigenvalue weighted by molar-refractivity contribution is 5.94. The van der Waals surface area contributed by atoms with Crippen LogP contribution in [0.5, 0.6) is 0 Å². The number of ether oxygens (including phenoxy) is 1. The molecule has 1 amide bonds. The number of rotatable bonds is 4. The molecule has 0 bridgehead atoms. The van der Waals surface area contributed by atoms with Crippen molar-refractivity contribution in [3.63, 3.8) is 0 Å². The molecule has 0 radical (unpaired) electrons. The Bertz CT molecular complexity index is 800. The van der Waals surface area contributed by atoms with Gasteiger partial charge in [0.1, 0.15) is 5.82 Å². The third kappa shape index (κ3) is 5.74. The van der Waals surface area contributed by atoms with Crippen LogP contribution in [-0.2, 0) is 9.53 Å². The van der Waals surface area contributed by atoms with Gasteiger partial charge in [-0.2, -0.15) is 13.2 Å². The molecular weight excluding hydrogens is 420 g/mol. The fourth-order valence-corrected chi connectivity index (χ4v) is 4.38. The summed E-state index contributed by atoms with van der Waals surface area (Å²) in [5, 5.41) is 7.12. The highest BCUT2D eigenvalue weighted by atomic mass is 19.4. The number of aliphatic carboxylic acids is 1. The zero-order chi connectivity index (χ0) is 22.8. The van der Waals surface area contributed by atoms with Crippen molar-refractivity contribution in [2.75, 3.05) is 33.3 Å². The molecule has 4 rings (SSSR count). The first-order chi connectivity index (χ1) is 14.6. The summed E-state index contributed by atoms with van der Waals surface area (Å²) in [6, 6.07) is 6.43. The zero-order valence-electron chi connectivity index (χ0n) is 17.1. The van der Waals surface area contributed by atoms with Crippen molar-refractivity contribution < 1.29 is 37.0 Å². The normalized spacial score (nSPS) is 26.1. The Hall–Kier alpha value is -2.20. The molecular formula is C21H26F4N2O4. The number of carboxylic acid groups (broad SMARTS) is 1. The van der Waals surface area contributed by atoms with E-state index in [0.717, 1.165) is 32.0 Å². The Kier molecular flexibility index (Phi) is 7.20. The molecule has 3 aliphatic rings. The number of carboxylic acids is 1. The molecule has 1 aromatic carbocycles. The average molecular weight is 446 g/mol. The molecule has 1 aromatic rings. The van der Waals surface area contributed by atoms with Crippen molar-refractivity contribution in [2.24, 2.45) is 11.8 Å². The average Bonchev–Trinajstić information content (AvgIpc) is 3.42. The number of amides is 1. The molecule has 31 heavy (non-hydrogen) atoms. The maximum atomic E-state index is 14.1. The Morgan fingerprint density at radius 3 is 2.35 bits per heavy atom. The van der Waals surface area contributed by atoms with Crippen LogP contribution in [0.15, 0.2) is 24.3 Å². The third-order valence-corrected chi connectivity index (χ3v) is 6.06. The van der Waals surface area contributed by atoms with E-state index in [1.165, 1.54) is 18.9 Å². The van der Waals surface area contributed by atoms with Gasteiger partial charge in [-0.05, 0) is 37.3 Å². The Morgan fingerprint density at radius 1 is 1.16 bits per heavy atom. The first-order valence-electron chi connectivity index (χ1n) is 10.2. The minimum Gasteiger partial charge on any atom is -0.475 e. The summed E-state index contributed by atoms with van der Waals surface area (Å²) in [5.41, 5.74) is 0.188. The second-order valence-corrected chi connectivity index (χ2v) is 8.24. The van der Waals surface area contributed by atoms with E-state index in [1.54, 1.807) is 25.3 Å². The minimum atomic E-state index is -5.08. The van der Waals surface area contributed by atoms with E-state index in [-0.39, 0.29) is 23.6 Å². The van der Waals surface area contributed by atoms with Gasteiger partial charge in [-0.3, -0.25) is 4.79 Å². The highest BCUT2D eigenvalue weighted by Gasteiger charge is 2.47. The van der Waals surface area contributed by atoms with Crippen LogP contribution < -0.4 is 0 Å². The van der Waals surface area contributed by atoms with Gasteiger partial charge < -0.3 is 19.6 Å². The quantitative estimate of drug-likeness (QED) is 0.721. The Morgan fingerprint density at radius 2 is 1.81 bits per heavy atom. The van der Waals surface area contributed by atoms with Gasteiger partial charge in [-0.1, -0.05) is 12.1 Å². The number of hydrogen-bond acceptors (Lipinski definition) is 4. The SMILES string of the molecule is CO[C@@H]1CCN(C(=O)c2ccccc2F)[C@@H]2CN(CC3CC3)C[C@@H]21.O=C(O)C(F)(F)F. The van der Waals surface area contributed by atoms with Gasteiger partial charge in [0, 0.05) is 39.2 Å². The van der Waals surface area contributed by atoms with Crippen LogP contribution in [0.4, 0.5) is 17.6 Å². The van der Waals surface area contributed by atoms with Crippen LogP contribution in [0.3, 0.4) is 0 Å². The summed E-state index contributed by atoms with van der Waals surface area (Å²) in [5.74, 6) is -2.20. The summed E-state index contributed by atoms with van der Waals surface area (Å²) in [4.78, 5) is 26.2. The van der Waals surface area contributed by atoms with Crippen molar-refractivity contribution in [2.45, 2.75) is 37.6 Å². The molecule has 10 heteroatoms. The number of nitrogens with zero attached hydrogens (tertiary/aromatic N) is 2. The summed E-state index contributed by atoms with van der Waals surface area (Å²) >= 11 is 0. The van der Waals surface area contributed by atoms with E-state index in [0.29, 0.717) is 12.5 Å². The first kappa shape index (κ1) is 23.5. The molecule has 2 saturated heterocycles.